The maximum atomic E-state index is 13.8. The predicted octanol–water partition coefficient (Wildman–Crippen LogP) is 1.37. The van der Waals surface area contributed by atoms with E-state index in [0.29, 0.717) is 22.4 Å². The first-order chi connectivity index (χ1) is 13.4. The standard InChI is InChI=1S/C20H20BFN2O4/c1-2-17(25)23-19(26)18(21)24-10-14-13(20(24)27)7-5-9-16(14)28-11-12-6-3-4-8-15(12)22/h3-9,18H,2,10-11,21H2,1H3,(H,23,25,26). The molecule has 144 valence electrons. The van der Waals surface area contributed by atoms with Gasteiger partial charge in [0, 0.05) is 23.1 Å². The highest BCUT2D eigenvalue weighted by molar-refractivity contribution is 6.27. The number of carbonyl (C=O) groups is 3. The van der Waals surface area contributed by atoms with Crippen molar-refractivity contribution in [2.45, 2.75) is 32.4 Å². The van der Waals surface area contributed by atoms with Crippen molar-refractivity contribution in [2.75, 3.05) is 0 Å². The lowest BCUT2D eigenvalue weighted by molar-refractivity contribution is -0.131. The minimum absolute atomic E-state index is 0.0261. The van der Waals surface area contributed by atoms with E-state index in [1.165, 1.54) is 11.0 Å². The van der Waals surface area contributed by atoms with Crippen molar-refractivity contribution in [3.8, 4) is 5.75 Å². The Kier molecular flexibility index (Phi) is 5.77. The fourth-order valence-corrected chi connectivity index (χ4v) is 3.02. The average Bonchev–Trinajstić information content (AvgIpc) is 3.04. The molecule has 1 atom stereocenters. The first-order valence-corrected chi connectivity index (χ1v) is 9.05. The molecule has 1 N–H and O–H groups in total. The molecule has 0 fully saturated rings. The molecule has 1 aliphatic rings. The Morgan fingerprint density at radius 3 is 2.71 bits per heavy atom. The maximum absolute atomic E-state index is 13.8. The van der Waals surface area contributed by atoms with Crippen LogP contribution in [0.2, 0.25) is 0 Å². The Balaban J connectivity index is 1.76. The third-order valence-corrected chi connectivity index (χ3v) is 4.72. The second-order valence-electron chi connectivity index (χ2n) is 6.54. The predicted molar refractivity (Wildman–Crippen MR) is 103 cm³/mol. The Bertz CT molecular complexity index is 934. The topological polar surface area (TPSA) is 75.7 Å². The highest BCUT2D eigenvalue weighted by Crippen LogP contribution is 2.32. The van der Waals surface area contributed by atoms with E-state index in [2.05, 4.69) is 5.32 Å². The molecule has 0 saturated heterocycles. The van der Waals surface area contributed by atoms with Gasteiger partial charge in [-0.05, 0) is 18.2 Å². The molecular formula is C20H20BFN2O4. The minimum Gasteiger partial charge on any atom is -0.488 e. The number of imide groups is 1. The van der Waals surface area contributed by atoms with Gasteiger partial charge in [0.25, 0.3) is 5.91 Å². The number of nitrogens with zero attached hydrogens (tertiary/aromatic N) is 1. The van der Waals surface area contributed by atoms with E-state index >= 15 is 0 Å². The number of fused-ring (bicyclic) bond motifs is 1. The normalized spacial score (nSPS) is 13.8. The lowest BCUT2D eigenvalue weighted by atomic mass is 9.93. The van der Waals surface area contributed by atoms with Crippen LogP contribution in [0, 0.1) is 5.82 Å². The summed E-state index contributed by atoms with van der Waals surface area (Å²) >= 11 is 0. The summed E-state index contributed by atoms with van der Waals surface area (Å²) in [6, 6.07) is 11.4. The number of hydrogen-bond acceptors (Lipinski definition) is 4. The zero-order valence-corrected chi connectivity index (χ0v) is 15.7. The monoisotopic (exact) mass is 382 g/mol. The van der Waals surface area contributed by atoms with Gasteiger partial charge in [0.05, 0.1) is 12.5 Å². The van der Waals surface area contributed by atoms with Crippen LogP contribution < -0.4 is 10.1 Å². The highest BCUT2D eigenvalue weighted by Gasteiger charge is 2.35. The van der Waals surface area contributed by atoms with Crippen LogP contribution in [0.15, 0.2) is 42.5 Å². The molecule has 0 aliphatic carbocycles. The number of carbonyl (C=O) groups excluding carboxylic acids is 3. The SMILES string of the molecule is BC(C(=O)NC(=O)CC)N1Cc2c(OCc3ccccc3F)cccc2C1=O. The van der Waals surface area contributed by atoms with Crippen LogP contribution >= 0.6 is 0 Å². The van der Waals surface area contributed by atoms with Crippen molar-refractivity contribution in [2.24, 2.45) is 0 Å². The van der Waals surface area contributed by atoms with Gasteiger partial charge in [0.1, 0.15) is 26.0 Å². The van der Waals surface area contributed by atoms with E-state index in [4.69, 9.17) is 4.74 Å². The Hall–Kier alpha value is -3.16. The lowest BCUT2D eigenvalue weighted by Gasteiger charge is -2.23. The molecule has 0 saturated carbocycles. The number of ether oxygens (including phenoxy) is 1. The van der Waals surface area contributed by atoms with Gasteiger partial charge in [-0.25, -0.2) is 4.39 Å². The van der Waals surface area contributed by atoms with Gasteiger partial charge in [-0.15, -0.1) is 0 Å². The van der Waals surface area contributed by atoms with E-state index in [-0.39, 0.29) is 31.3 Å². The smallest absolute Gasteiger partial charge is 0.254 e. The Morgan fingerprint density at radius 1 is 1.25 bits per heavy atom. The van der Waals surface area contributed by atoms with Gasteiger partial charge in [-0.3, -0.25) is 19.7 Å². The molecule has 0 bridgehead atoms. The van der Waals surface area contributed by atoms with E-state index < -0.39 is 17.8 Å². The summed E-state index contributed by atoms with van der Waals surface area (Å²) < 4.78 is 19.6. The molecule has 28 heavy (non-hydrogen) atoms. The second kappa shape index (κ2) is 8.25. The van der Waals surface area contributed by atoms with Gasteiger partial charge in [-0.2, -0.15) is 0 Å². The largest absolute Gasteiger partial charge is 0.488 e. The first kappa shape index (κ1) is 19.6. The number of amides is 3. The van der Waals surface area contributed by atoms with Crippen LogP contribution in [0.4, 0.5) is 4.39 Å². The molecule has 0 spiro atoms. The Labute approximate surface area is 163 Å². The van der Waals surface area contributed by atoms with Crippen LogP contribution in [-0.4, -0.2) is 36.4 Å². The summed E-state index contributed by atoms with van der Waals surface area (Å²) in [6.45, 7) is 1.85. The molecular weight excluding hydrogens is 362 g/mol. The molecule has 3 amide bonds. The highest BCUT2D eigenvalue weighted by atomic mass is 19.1. The van der Waals surface area contributed by atoms with Crippen molar-refractivity contribution in [3.63, 3.8) is 0 Å². The van der Waals surface area contributed by atoms with E-state index in [1.54, 1.807) is 51.2 Å². The summed E-state index contributed by atoms with van der Waals surface area (Å²) in [7, 11) is 1.57. The third kappa shape index (κ3) is 3.90. The van der Waals surface area contributed by atoms with Gasteiger partial charge < -0.3 is 9.64 Å². The molecule has 0 radical (unpaired) electrons. The summed E-state index contributed by atoms with van der Waals surface area (Å²) in [5.41, 5.74) is 1.49. The summed E-state index contributed by atoms with van der Waals surface area (Å²) in [4.78, 5) is 37.8. The molecule has 8 heteroatoms. The number of benzene rings is 2. The molecule has 1 aliphatic heterocycles. The zero-order valence-electron chi connectivity index (χ0n) is 15.7. The van der Waals surface area contributed by atoms with Crippen LogP contribution in [0.1, 0.15) is 34.8 Å². The van der Waals surface area contributed by atoms with Crippen molar-refractivity contribution in [1.82, 2.24) is 10.2 Å². The molecule has 0 aromatic heterocycles. The van der Waals surface area contributed by atoms with Crippen LogP contribution in [-0.2, 0) is 22.7 Å². The summed E-state index contributed by atoms with van der Waals surface area (Å²) in [5, 5.41) is 2.28. The van der Waals surface area contributed by atoms with Crippen LogP contribution in [0.5, 0.6) is 5.75 Å². The fraction of sp³-hybridized carbons (Fsp3) is 0.250. The lowest BCUT2D eigenvalue weighted by Crippen LogP contribution is -2.49. The van der Waals surface area contributed by atoms with Crippen molar-refractivity contribution < 1.29 is 23.5 Å². The number of nitrogens with one attached hydrogen (secondary N) is 1. The molecule has 3 rings (SSSR count). The van der Waals surface area contributed by atoms with E-state index in [9.17, 15) is 18.8 Å². The third-order valence-electron chi connectivity index (χ3n) is 4.72. The van der Waals surface area contributed by atoms with Gasteiger partial charge in [0.15, 0.2) is 0 Å². The minimum atomic E-state index is -0.810. The van der Waals surface area contributed by atoms with Crippen molar-refractivity contribution in [1.29, 1.82) is 0 Å². The fourth-order valence-electron chi connectivity index (χ4n) is 3.02. The van der Waals surface area contributed by atoms with Gasteiger partial charge in [-0.1, -0.05) is 31.2 Å². The second-order valence-corrected chi connectivity index (χ2v) is 6.54. The molecule has 1 heterocycles. The maximum Gasteiger partial charge on any atom is 0.254 e. The molecule has 1 unspecified atom stereocenters. The Morgan fingerprint density at radius 2 is 2.00 bits per heavy atom. The quantitative estimate of drug-likeness (QED) is 0.766. The number of rotatable bonds is 6. The van der Waals surface area contributed by atoms with E-state index in [0.717, 1.165) is 0 Å². The average molecular weight is 382 g/mol. The number of halogens is 1. The van der Waals surface area contributed by atoms with E-state index in [1.807, 2.05) is 0 Å². The molecule has 6 nitrogen and oxygen atoms in total. The zero-order chi connectivity index (χ0) is 20.3. The summed E-state index contributed by atoms with van der Waals surface area (Å²) in [6.07, 6.45) is 0.181. The van der Waals surface area contributed by atoms with Crippen molar-refractivity contribution in [3.05, 3.63) is 65.0 Å². The van der Waals surface area contributed by atoms with Crippen LogP contribution in [0.3, 0.4) is 0 Å². The van der Waals surface area contributed by atoms with Crippen molar-refractivity contribution >= 4 is 25.6 Å². The van der Waals surface area contributed by atoms with Gasteiger partial charge >= 0.3 is 0 Å². The van der Waals surface area contributed by atoms with Crippen LogP contribution in [0.25, 0.3) is 0 Å². The summed E-state index contributed by atoms with van der Waals surface area (Å²) in [5.74, 6) is -1.93. The molecule has 2 aromatic carbocycles. The number of hydrogen-bond donors (Lipinski definition) is 1. The van der Waals surface area contributed by atoms with Gasteiger partial charge in [0.2, 0.25) is 11.8 Å². The molecule has 2 aromatic rings. The first-order valence-electron chi connectivity index (χ1n) is 9.05.